The van der Waals surface area contributed by atoms with Crippen LogP contribution in [0.4, 0.5) is 4.39 Å². The number of rotatable bonds is 5. The molecule has 0 saturated heterocycles. The molecule has 1 aliphatic rings. The number of aryl methyl sites for hydroxylation is 2. The van der Waals surface area contributed by atoms with Gasteiger partial charge in [-0.05, 0) is 56.9 Å². The molecule has 1 N–H and O–H groups in total. The van der Waals surface area contributed by atoms with Crippen LogP contribution >= 0.6 is 0 Å². The van der Waals surface area contributed by atoms with Crippen molar-refractivity contribution in [2.45, 2.75) is 50.7 Å². The summed E-state index contributed by atoms with van der Waals surface area (Å²) in [6.07, 6.45) is 1.52. The first-order chi connectivity index (χ1) is 9.33. The van der Waals surface area contributed by atoms with Gasteiger partial charge in [0.15, 0.2) is 0 Å². The average molecular weight is 301 g/mol. The van der Waals surface area contributed by atoms with Gasteiger partial charge >= 0.3 is 0 Å². The van der Waals surface area contributed by atoms with Crippen LogP contribution in [0.2, 0.25) is 0 Å². The number of nitrogens with one attached hydrogen (secondary N) is 1. The van der Waals surface area contributed by atoms with Gasteiger partial charge in [0.1, 0.15) is 5.82 Å². The lowest BCUT2D eigenvalue weighted by Gasteiger charge is -2.35. The molecule has 6 heteroatoms. The quantitative estimate of drug-likeness (QED) is 0.908. The topological polar surface area (TPSA) is 55.4 Å². The molecule has 112 valence electrons. The third-order valence-corrected chi connectivity index (χ3v) is 5.34. The minimum Gasteiger partial charge on any atom is -0.378 e. The molecule has 1 aromatic carbocycles. The van der Waals surface area contributed by atoms with Crippen molar-refractivity contribution in [3.63, 3.8) is 0 Å². The second-order valence-electron chi connectivity index (χ2n) is 5.24. The molecule has 1 fully saturated rings. The molecular weight excluding hydrogens is 281 g/mol. The Bertz CT molecular complexity index is 571. The molecule has 4 nitrogen and oxygen atoms in total. The fourth-order valence-corrected chi connectivity index (χ4v) is 4.35. The second kappa shape index (κ2) is 5.79. The molecule has 0 atom stereocenters. The van der Waals surface area contributed by atoms with Crippen LogP contribution in [-0.2, 0) is 14.8 Å². The van der Waals surface area contributed by atoms with Gasteiger partial charge in [-0.15, -0.1) is 0 Å². The maximum Gasteiger partial charge on any atom is 0.241 e. The van der Waals surface area contributed by atoms with E-state index in [2.05, 4.69) is 4.72 Å². The highest BCUT2D eigenvalue weighted by Crippen LogP contribution is 2.27. The van der Waals surface area contributed by atoms with Gasteiger partial charge < -0.3 is 4.74 Å². The highest BCUT2D eigenvalue weighted by Gasteiger charge is 2.34. The molecular formula is C14H20FNO3S. The Labute approximate surface area is 119 Å². The first-order valence-electron chi connectivity index (χ1n) is 6.74. The van der Waals surface area contributed by atoms with Gasteiger partial charge in [-0.25, -0.2) is 17.5 Å². The molecule has 0 unspecified atom stereocenters. The van der Waals surface area contributed by atoms with Crippen molar-refractivity contribution < 1.29 is 17.5 Å². The number of hydrogen-bond acceptors (Lipinski definition) is 3. The summed E-state index contributed by atoms with van der Waals surface area (Å²) in [6, 6.07) is 2.39. The molecule has 0 radical (unpaired) electrons. The number of halogens is 1. The van der Waals surface area contributed by atoms with Gasteiger partial charge in [0.2, 0.25) is 10.0 Å². The van der Waals surface area contributed by atoms with E-state index in [1.54, 1.807) is 13.8 Å². The van der Waals surface area contributed by atoms with E-state index in [-0.39, 0.29) is 17.0 Å². The molecule has 1 aliphatic carbocycles. The van der Waals surface area contributed by atoms with Crippen LogP contribution < -0.4 is 4.72 Å². The van der Waals surface area contributed by atoms with E-state index in [1.807, 2.05) is 6.92 Å². The molecule has 0 spiro atoms. The molecule has 0 amide bonds. The molecule has 20 heavy (non-hydrogen) atoms. The van der Waals surface area contributed by atoms with Crippen LogP contribution in [0.25, 0.3) is 0 Å². The van der Waals surface area contributed by atoms with Crippen LogP contribution in [0.1, 0.15) is 30.9 Å². The van der Waals surface area contributed by atoms with Gasteiger partial charge in [0.25, 0.3) is 0 Å². The van der Waals surface area contributed by atoms with Gasteiger partial charge in [0, 0.05) is 12.6 Å². The SMILES string of the molecule is CCOC1CC(NS(=O)(=O)c2c(C)cc(F)cc2C)C1. The van der Waals surface area contributed by atoms with Gasteiger partial charge in [-0.2, -0.15) is 0 Å². The summed E-state index contributed by atoms with van der Waals surface area (Å²) in [6.45, 7) is 5.77. The predicted octanol–water partition coefficient (Wildman–Crippen LogP) is 2.29. The van der Waals surface area contributed by atoms with Crippen LogP contribution in [0, 0.1) is 19.7 Å². The highest BCUT2D eigenvalue weighted by molar-refractivity contribution is 7.89. The Morgan fingerprint density at radius 1 is 1.30 bits per heavy atom. The van der Waals surface area contributed by atoms with Crippen molar-refractivity contribution in [3.05, 3.63) is 29.1 Å². The van der Waals surface area contributed by atoms with Crippen molar-refractivity contribution >= 4 is 10.0 Å². The van der Waals surface area contributed by atoms with Gasteiger partial charge in [-0.3, -0.25) is 0 Å². The van der Waals surface area contributed by atoms with Crippen molar-refractivity contribution in [3.8, 4) is 0 Å². The Balaban J connectivity index is 2.12. The van der Waals surface area contributed by atoms with E-state index in [1.165, 1.54) is 12.1 Å². The monoisotopic (exact) mass is 301 g/mol. The minimum atomic E-state index is -3.61. The Hall–Kier alpha value is -0.980. The first kappa shape index (κ1) is 15.4. The summed E-state index contributed by atoms with van der Waals surface area (Å²) < 4.78 is 46.1. The van der Waals surface area contributed by atoms with E-state index in [9.17, 15) is 12.8 Å². The fourth-order valence-electron chi connectivity index (χ4n) is 2.63. The Morgan fingerprint density at radius 3 is 2.35 bits per heavy atom. The van der Waals surface area contributed by atoms with Crippen molar-refractivity contribution in [1.29, 1.82) is 0 Å². The van der Waals surface area contributed by atoms with Gasteiger partial charge in [0.05, 0.1) is 11.0 Å². The van der Waals surface area contributed by atoms with Crippen LogP contribution in [0.15, 0.2) is 17.0 Å². The smallest absolute Gasteiger partial charge is 0.241 e. The molecule has 2 rings (SSSR count). The first-order valence-corrected chi connectivity index (χ1v) is 8.22. The van der Waals surface area contributed by atoms with E-state index in [0.29, 0.717) is 30.6 Å². The second-order valence-corrected chi connectivity index (χ2v) is 6.89. The van der Waals surface area contributed by atoms with Crippen LogP contribution in [0.5, 0.6) is 0 Å². The van der Waals surface area contributed by atoms with Crippen molar-refractivity contribution in [2.24, 2.45) is 0 Å². The Kier molecular flexibility index (Phi) is 4.46. The summed E-state index contributed by atoms with van der Waals surface area (Å²) in [7, 11) is -3.61. The molecule has 0 heterocycles. The highest BCUT2D eigenvalue weighted by atomic mass is 32.2. The molecule has 0 aromatic heterocycles. The standard InChI is InChI=1S/C14H20FNO3S/c1-4-19-13-7-12(8-13)16-20(17,18)14-9(2)5-11(15)6-10(14)3/h5-6,12-13,16H,4,7-8H2,1-3H3. The van der Waals surface area contributed by atoms with E-state index in [4.69, 9.17) is 4.74 Å². The lowest BCUT2D eigenvalue weighted by molar-refractivity contribution is -0.00476. The van der Waals surface area contributed by atoms with Gasteiger partial charge in [-0.1, -0.05) is 0 Å². The summed E-state index contributed by atoms with van der Waals surface area (Å²) in [5.74, 6) is -0.418. The predicted molar refractivity (Wildman–Crippen MR) is 74.6 cm³/mol. The third-order valence-electron chi connectivity index (χ3n) is 3.51. The Morgan fingerprint density at radius 2 is 1.85 bits per heavy atom. The van der Waals surface area contributed by atoms with Crippen molar-refractivity contribution in [1.82, 2.24) is 4.72 Å². The maximum atomic E-state index is 13.2. The summed E-state index contributed by atoms with van der Waals surface area (Å²) in [5, 5.41) is 0. The molecule has 0 bridgehead atoms. The maximum absolute atomic E-state index is 13.2. The summed E-state index contributed by atoms with van der Waals surface area (Å²) in [5.41, 5.74) is 0.853. The van der Waals surface area contributed by atoms with E-state index in [0.717, 1.165) is 0 Å². The lowest BCUT2D eigenvalue weighted by Crippen LogP contribution is -2.47. The molecule has 0 aliphatic heterocycles. The number of hydrogen-bond donors (Lipinski definition) is 1. The van der Waals surface area contributed by atoms with E-state index >= 15 is 0 Å². The fraction of sp³-hybridized carbons (Fsp3) is 0.571. The molecule has 1 saturated carbocycles. The lowest BCUT2D eigenvalue weighted by atomic mass is 9.90. The normalized spacial score (nSPS) is 22.6. The minimum absolute atomic E-state index is 0.0968. The summed E-state index contributed by atoms with van der Waals surface area (Å²) in [4.78, 5) is 0.179. The van der Waals surface area contributed by atoms with Crippen molar-refractivity contribution in [2.75, 3.05) is 6.61 Å². The molecule has 1 aromatic rings. The van der Waals surface area contributed by atoms with Crippen LogP contribution in [0.3, 0.4) is 0 Å². The zero-order valence-electron chi connectivity index (χ0n) is 11.9. The number of sulfonamides is 1. The average Bonchev–Trinajstić information content (AvgIpc) is 2.23. The van der Waals surface area contributed by atoms with Crippen LogP contribution in [-0.4, -0.2) is 27.2 Å². The summed E-state index contributed by atoms with van der Waals surface area (Å²) >= 11 is 0. The third kappa shape index (κ3) is 3.19. The zero-order valence-corrected chi connectivity index (χ0v) is 12.8. The number of ether oxygens (including phenoxy) is 1. The van der Waals surface area contributed by atoms with E-state index < -0.39 is 15.8 Å². The number of benzene rings is 1. The largest absolute Gasteiger partial charge is 0.378 e. The zero-order chi connectivity index (χ0) is 14.9.